The molecule has 1 aliphatic heterocycles. The summed E-state index contributed by atoms with van der Waals surface area (Å²) in [5.74, 6) is 1.79. The largest absolute Gasteiger partial charge is 0.369 e. The van der Waals surface area contributed by atoms with Crippen LogP contribution < -0.4 is 20.4 Å². The summed E-state index contributed by atoms with van der Waals surface area (Å²) in [5, 5.41) is 7.71. The number of aliphatic imine (C=N–C) groups is 1. The first-order valence-corrected chi connectivity index (χ1v) is 10.1. The molecule has 0 bridgehead atoms. The fourth-order valence-corrected chi connectivity index (χ4v) is 3.46. The smallest absolute Gasteiger partial charge is 0.191 e. The second-order valence-corrected chi connectivity index (χ2v) is 7.60. The summed E-state index contributed by atoms with van der Waals surface area (Å²) in [4.78, 5) is 13.5. The third kappa shape index (κ3) is 5.52. The standard InChI is InChI=1S/C21H29ClN6/c1-4-23-21(25-14-16-8-10-24-20(12-16)27(2)3)26-18-9-11-28(15-18)19-7-5-6-17(22)13-19/h5-8,10,12-13,18H,4,9,11,14-15H2,1-3H3,(H2,23,25,26). The molecular formula is C21H29ClN6. The van der Waals surface area contributed by atoms with E-state index in [0.29, 0.717) is 12.6 Å². The summed E-state index contributed by atoms with van der Waals surface area (Å²) in [5.41, 5.74) is 2.31. The Morgan fingerprint density at radius 1 is 1.32 bits per heavy atom. The highest BCUT2D eigenvalue weighted by Crippen LogP contribution is 2.23. The third-order valence-corrected chi connectivity index (χ3v) is 4.97. The second kappa shape index (κ2) is 9.64. The summed E-state index contributed by atoms with van der Waals surface area (Å²) < 4.78 is 0. The van der Waals surface area contributed by atoms with Crippen LogP contribution in [0.15, 0.2) is 47.6 Å². The van der Waals surface area contributed by atoms with Crippen molar-refractivity contribution in [1.82, 2.24) is 15.6 Å². The van der Waals surface area contributed by atoms with Gasteiger partial charge in [0.1, 0.15) is 5.82 Å². The van der Waals surface area contributed by atoms with Crippen molar-refractivity contribution in [2.75, 3.05) is 43.5 Å². The molecule has 3 rings (SSSR count). The molecule has 2 N–H and O–H groups in total. The normalized spacial score (nSPS) is 16.9. The van der Waals surface area contributed by atoms with Gasteiger partial charge in [-0.3, -0.25) is 0 Å². The van der Waals surface area contributed by atoms with Crippen LogP contribution >= 0.6 is 11.6 Å². The lowest BCUT2D eigenvalue weighted by Crippen LogP contribution is -2.44. The maximum Gasteiger partial charge on any atom is 0.191 e. The maximum atomic E-state index is 6.14. The maximum absolute atomic E-state index is 6.14. The number of rotatable bonds is 6. The highest BCUT2D eigenvalue weighted by Gasteiger charge is 2.23. The number of hydrogen-bond donors (Lipinski definition) is 2. The van der Waals surface area contributed by atoms with Crippen molar-refractivity contribution in [2.24, 2.45) is 4.99 Å². The van der Waals surface area contributed by atoms with Gasteiger partial charge in [-0.1, -0.05) is 17.7 Å². The lowest BCUT2D eigenvalue weighted by atomic mass is 10.2. The summed E-state index contributed by atoms with van der Waals surface area (Å²) in [6.07, 6.45) is 2.90. The van der Waals surface area contributed by atoms with Crippen LogP contribution in [-0.2, 0) is 6.54 Å². The van der Waals surface area contributed by atoms with E-state index in [9.17, 15) is 0 Å². The Morgan fingerprint density at radius 2 is 2.18 bits per heavy atom. The minimum Gasteiger partial charge on any atom is -0.369 e. The highest BCUT2D eigenvalue weighted by molar-refractivity contribution is 6.30. The van der Waals surface area contributed by atoms with Crippen LogP contribution in [0, 0.1) is 0 Å². The Balaban J connectivity index is 1.61. The number of halogens is 1. The number of aromatic nitrogens is 1. The van der Waals surface area contributed by atoms with E-state index in [1.165, 1.54) is 5.69 Å². The molecule has 1 aromatic heterocycles. The summed E-state index contributed by atoms with van der Waals surface area (Å²) in [7, 11) is 3.99. The van der Waals surface area contributed by atoms with Crippen LogP contribution in [0.1, 0.15) is 18.9 Å². The summed E-state index contributed by atoms with van der Waals surface area (Å²) in [6, 6.07) is 12.5. The van der Waals surface area contributed by atoms with Crippen LogP contribution in [0.2, 0.25) is 5.02 Å². The first-order valence-electron chi connectivity index (χ1n) is 9.72. The van der Waals surface area contributed by atoms with Gasteiger partial charge in [0.05, 0.1) is 6.54 Å². The molecule has 1 fully saturated rings. The molecule has 6 nitrogen and oxygen atoms in total. The van der Waals surface area contributed by atoms with Crippen molar-refractivity contribution in [3.05, 3.63) is 53.2 Å². The molecule has 2 heterocycles. The molecule has 1 aromatic carbocycles. The predicted octanol–water partition coefficient (Wildman–Crippen LogP) is 3.14. The highest BCUT2D eigenvalue weighted by atomic mass is 35.5. The molecule has 0 radical (unpaired) electrons. The molecule has 150 valence electrons. The lowest BCUT2D eigenvalue weighted by Gasteiger charge is -2.20. The van der Waals surface area contributed by atoms with Crippen molar-refractivity contribution in [3.8, 4) is 0 Å². The van der Waals surface area contributed by atoms with Crippen molar-refractivity contribution >= 4 is 29.1 Å². The van der Waals surface area contributed by atoms with Gasteiger partial charge >= 0.3 is 0 Å². The van der Waals surface area contributed by atoms with Gasteiger partial charge in [0.2, 0.25) is 0 Å². The van der Waals surface area contributed by atoms with E-state index in [1.54, 1.807) is 0 Å². The van der Waals surface area contributed by atoms with Crippen molar-refractivity contribution in [2.45, 2.75) is 25.9 Å². The first kappa shape index (κ1) is 20.3. The molecule has 7 heteroatoms. The topological polar surface area (TPSA) is 55.8 Å². The molecule has 0 spiro atoms. The van der Waals surface area contributed by atoms with E-state index in [1.807, 2.05) is 49.5 Å². The van der Waals surface area contributed by atoms with Gasteiger partial charge in [0.15, 0.2) is 5.96 Å². The van der Waals surface area contributed by atoms with Crippen LogP contribution in [-0.4, -0.2) is 50.7 Å². The Morgan fingerprint density at radius 3 is 2.93 bits per heavy atom. The molecule has 28 heavy (non-hydrogen) atoms. The average Bonchev–Trinajstić information content (AvgIpc) is 3.15. The van der Waals surface area contributed by atoms with Crippen molar-refractivity contribution in [3.63, 3.8) is 0 Å². The molecule has 1 atom stereocenters. The van der Waals surface area contributed by atoms with Crippen LogP contribution in [0.4, 0.5) is 11.5 Å². The number of nitrogens with one attached hydrogen (secondary N) is 2. The van der Waals surface area contributed by atoms with Gasteiger partial charge in [-0.25, -0.2) is 9.98 Å². The van der Waals surface area contributed by atoms with E-state index >= 15 is 0 Å². The molecule has 2 aromatic rings. The lowest BCUT2D eigenvalue weighted by molar-refractivity contribution is 0.649. The predicted molar refractivity (Wildman–Crippen MR) is 119 cm³/mol. The number of anilines is 2. The zero-order valence-corrected chi connectivity index (χ0v) is 17.6. The monoisotopic (exact) mass is 400 g/mol. The Kier molecular flexibility index (Phi) is 6.98. The summed E-state index contributed by atoms with van der Waals surface area (Å²) in [6.45, 7) is 5.47. The first-order chi connectivity index (χ1) is 13.5. The third-order valence-electron chi connectivity index (χ3n) is 4.73. The van der Waals surface area contributed by atoms with Crippen LogP contribution in [0.3, 0.4) is 0 Å². The molecule has 1 unspecified atom stereocenters. The Hall–Kier alpha value is -2.47. The SMILES string of the molecule is CCNC(=NCc1ccnc(N(C)C)c1)NC1CCN(c2cccc(Cl)c2)C1. The molecule has 1 saturated heterocycles. The fraction of sp³-hybridized carbons (Fsp3) is 0.429. The molecular weight excluding hydrogens is 372 g/mol. The van der Waals surface area contributed by atoms with Gasteiger partial charge in [0.25, 0.3) is 0 Å². The number of pyridine rings is 1. The summed E-state index contributed by atoms with van der Waals surface area (Å²) >= 11 is 6.14. The van der Waals surface area contributed by atoms with Gasteiger partial charge < -0.3 is 20.4 Å². The van der Waals surface area contributed by atoms with Crippen LogP contribution in [0.5, 0.6) is 0 Å². The van der Waals surface area contributed by atoms with Gasteiger partial charge in [-0.2, -0.15) is 0 Å². The number of guanidine groups is 1. The van der Waals surface area contributed by atoms with Gasteiger partial charge in [-0.05, 0) is 49.2 Å². The van der Waals surface area contributed by atoms with E-state index in [0.717, 1.165) is 48.4 Å². The van der Waals surface area contributed by atoms with Crippen molar-refractivity contribution < 1.29 is 0 Å². The molecule has 0 amide bonds. The molecule has 1 aliphatic rings. The Bertz CT molecular complexity index is 807. The average molecular weight is 401 g/mol. The number of hydrogen-bond acceptors (Lipinski definition) is 4. The quantitative estimate of drug-likeness (QED) is 0.576. The Labute approximate surface area is 172 Å². The minimum absolute atomic E-state index is 0.353. The minimum atomic E-state index is 0.353. The number of benzene rings is 1. The van der Waals surface area contributed by atoms with E-state index in [-0.39, 0.29) is 0 Å². The second-order valence-electron chi connectivity index (χ2n) is 7.17. The van der Waals surface area contributed by atoms with Gasteiger partial charge in [-0.15, -0.1) is 0 Å². The fourth-order valence-electron chi connectivity index (χ4n) is 3.27. The van der Waals surface area contributed by atoms with Gasteiger partial charge in [0, 0.05) is 56.7 Å². The van der Waals surface area contributed by atoms with E-state index < -0.39 is 0 Å². The van der Waals surface area contributed by atoms with E-state index in [4.69, 9.17) is 16.6 Å². The number of nitrogens with zero attached hydrogens (tertiary/aromatic N) is 4. The zero-order valence-electron chi connectivity index (χ0n) is 16.8. The van der Waals surface area contributed by atoms with E-state index in [2.05, 4.69) is 39.6 Å². The zero-order chi connectivity index (χ0) is 19.9. The molecule has 0 saturated carbocycles. The molecule has 0 aliphatic carbocycles. The van der Waals surface area contributed by atoms with Crippen LogP contribution in [0.25, 0.3) is 0 Å². The van der Waals surface area contributed by atoms with Crippen molar-refractivity contribution in [1.29, 1.82) is 0 Å².